The van der Waals surface area contributed by atoms with E-state index < -0.39 is 46.4 Å². The Kier molecular flexibility index (Phi) is 12.1. The lowest BCUT2D eigenvalue weighted by Crippen LogP contribution is -2.55. The van der Waals surface area contributed by atoms with Crippen molar-refractivity contribution in [3.05, 3.63) is 113 Å². The number of alkyl halides is 3. The number of thiocarbonyl (C=S) groups is 1. The van der Waals surface area contributed by atoms with E-state index in [0.29, 0.717) is 35.2 Å². The molecule has 59 heavy (non-hydrogen) atoms. The molecule has 1 fully saturated rings. The highest BCUT2D eigenvalue weighted by atomic mass is 32.1. The zero-order valence-electron chi connectivity index (χ0n) is 31.9. The Hall–Kier alpha value is -6.67. The number of fused-ring (bicyclic) bond motifs is 1. The van der Waals surface area contributed by atoms with Gasteiger partial charge in [-0.3, -0.25) is 24.5 Å². The highest BCUT2D eigenvalue weighted by Gasteiger charge is 2.39. The number of halogens is 4. The van der Waals surface area contributed by atoms with E-state index in [1.807, 2.05) is 12.1 Å². The Labute approximate surface area is 340 Å². The van der Waals surface area contributed by atoms with Crippen molar-refractivity contribution in [3.8, 4) is 11.8 Å². The van der Waals surface area contributed by atoms with Crippen molar-refractivity contribution in [2.75, 3.05) is 28.8 Å². The van der Waals surface area contributed by atoms with Gasteiger partial charge < -0.3 is 24.4 Å². The van der Waals surface area contributed by atoms with Gasteiger partial charge in [0.2, 0.25) is 17.7 Å². The largest absolute Gasteiger partial charge is 0.490 e. The SMILES string of the molecule is CN(C(=O)C(C)(C)N(C=S)c1ccc(OCCc2ccc(CC(=O)Nc3ccc4onc(C5CCC(=O)NC5=O)c4c3)cc2)c(F)c1)c1ccc(C#N)c(C(F)(F)F)c1. The molecular weight excluding hydrogens is 793 g/mol. The van der Waals surface area contributed by atoms with Gasteiger partial charge in [0.25, 0.3) is 5.91 Å². The van der Waals surface area contributed by atoms with Crippen LogP contribution in [-0.4, -0.2) is 53.5 Å². The fourth-order valence-electron chi connectivity index (χ4n) is 6.71. The number of piperidine rings is 1. The highest BCUT2D eigenvalue weighted by molar-refractivity contribution is 7.79. The molecule has 1 aliphatic heterocycles. The number of imide groups is 1. The second kappa shape index (κ2) is 17.0. The number of ether oxygens (including phenoxy) is 1. The number of aromatic nitrogens is 1. The molecule has 0 spiro atoms. The molecule has 1 atom stereocenters. The van der Waals surface area contributed by atoms with Crippen LogP contribution in [0.2, 0.25) is 0 Å². The summed E-state index contributed by atoms with van der Waals surface area (Å²) in [6, 6.07) is 20.7. The van der Waals surface area contributed by atoms with Gasteiger partial charge in [-0.15, -0.1) is 0 Å². The Morgan fingerprint density at radius 1 is 1.03 bits per heavy atom. The Morgan fingerprint density at radius 3 is 2.41 bits per heavy atom. The average molecular weight is 829 g/mol. The van der Waals surface area contributed by atoms with Gasteiger partial charge >= 0.3 is 6.18 Å². The Morgan fingerprint density at radius 2 is 1.75 bits per heavy atom. The minimum absolute atomic E-state index is 0.0570. The van der Waals surface area contributed by atoms with E-state index in [0.717, 1.165) is 39.7 Å². The molecule has 1 aliphatic rings. The molecule has 0 aliphatic carbocycles. The number of nitrogens with zero attached hydrogens (tertiary/aromatic N) is 4. The third kappa shape index (κ3) is 9.23. The summed E-state index contributed by atoms with van der Waals surface area (Å²) >= 11 is 5.18. The van der Waals surface area contributed by atoms with Crippen molar-refractivity contribution >= 4 is 69.4 Å². The third-order valence-electron chi connectivity index (χ3n) is 9.93. The number of carbonyl (C=O) groups excluding carboxylic acids is 4. The molecule has 4 aromatic carbocycles. The number of amides is 4. The molecule has 5 aromatic rings. The summed E-state index contributed by atoms with van der Waals surface area (Å²) in [5.41, 5.74) is 0.925. The molecular formula is C42H36F4N6O6S. The molecule has 12 nitrogen and oxygen atoms in total. The van der Waals surface area contributed by atoms with Crippen LogP contribution in [0.4, 0.5) is 34.6 Å². The number of hydrogen-bond donors (Lipinski definition) is 2. The van der Waals surface area contributed by atoms with Gasteiger partial charge in [0.05, 0.1) is 41.6 Å². The van der Waals surface area contributed by atoms with Crippen molar-refractivity contribution in [2.45, 2.75) is 57.2 Å². The maximum Gasteiger partial charge on any atom is 0.417 e. The lowest BCUT2D eigenvalue weighted by molar-refractivity contribution is -0.138. The molecule has 6 rings (SSSR count). The van der Waals surface area contributed by atoms with E-state index in [4.69, 9.17) is 26.7 Å². The summed E-state index contributed by atoms with van der Waals surface area (Å²) in [5, 5.41) is 18.9. The Balaban J connectivity index is 1.03. The van der Waals surface area contributed by atoms with Crippen LogP contribution in [0.5, 0.6) is 5.75 Å². The van der Waals surface area contributed by atoms with E-state index in [9.17, 15) is 32.3 Å². The second-order valence-electron chi connectivity index (χ2n) is 14.3. The molecule has 1 saturated heterocycles. The molecule has 304 valence electrons. The summed E-state index contributed by atoms with van der Waals surface area (Å²) in [4.78, 5) is 52.9. The van der Waals surface area contributed by atoms with E-state index >= 15 is 4.39 Å². The molecule has 0 bridgehead atoms. The van der Waals surface area contributed by atoms with Gasteiger partial charge in [-0.25, -0.2) is 4.39 Å². The van der Waals surface area contributed by atoms with Crippen LogP contribution in [0.3, 0.4) is 0 Å². The quantitative estimate of drug-likeness (QED) is 0.0697. The number of benzene rings is 4. The molecule has 1 aromatic heterocycles. The van der Waals surface area contributed by atoms with Crippen molar-refractivity contribution in [3.63, 3.8) is 0 Å². The summed E-state index contributed by atoms with van der Waals surface area (Å²) in [6.45, 7) is 3.09. The summed E-state index contributed by atoms with van der Waals surface area (Å²) in [6.07, 6.45) is -3.84. The molecule has 4 amide bonds. The van der Waals surface area contributed by atoms with Crippen molar-refractivity contribution < 1.29 is 46.0 Å². The predicted molar refractivity (Wildman–Crippen MR) is 213 cm³/mol. The first-order valence-corrected chi connectivity index (χ1v) is 18.6. The molecule has 2 N–H and O–H groups in total. The summed E-state index contributed by atoms with van der Waals surface area (Å²) in [5.74, 6) is -3.16. The van der Waals surface area contributed by atoms with Gasteiger partial charge in [0, 0.05) is 48.4 Å². The molecule has 2 heterocycles. The van der Waals surface area contributed by atoms with Crippen LogP contribution in [-0.2, 0) is 38.2 Å². The van der Waals surface area contributed by atoms with E-state index in [2.05, 4.69) is 15.8 Å². The van der Waals surface area contributed by atoms with Crippen LogP contribution in [0.25, 0.3) is 11.0 Å². The first kappa shape index (κ1) is 41.9. The van der Waals surface area contributed by atoms with Gasteiger partial charge in [-0.1, -0.05) is 41.6 Å². The van der Waals surface area contributed by atoms with Crippen molar-refractivity contribution in [1.82, 2.24) is 10.5 Å². The van der Waals surface area contributed by atoms with E-state index in [-0.39, 0.29) is 48.4 Å². The predicted octanol–water partition coefficient (Wildman–Crippen LogP) is 7.39. The molecule has 1 unspecified atom stereocenters. The van der Waals surface area contributed by atoms with E-state index in [1.165, 1.54) is 50.1 Å². The van der Waals surface area contributed by atoms with Crippen LogP contribution in [0.15, 0.2) is 83.4 Å². The van der Waals surface area contributed by atoms with Gasteiger partial charge in [0.15, 0.2) is 17.1 Å². The second-order valence-corrected chi connectivity index (χ2v) is 14.5. The highest BCUT2D eigenvalue weighted by Crippen LogP contribution is 2.36. The van der Waals surface area contributed by atoms with Gasteiger partial charge in [-0.05, 0) is 79.9 Å². The summed E-state index contributed by atoms with van der Waals surface area (Å²) < 4.78 is 67.2. The zero-order valence-corrected chi connectivity index (χ0v) is 32.7. The maximum absolute atomic E-state index is 15.3. The average Bonchev–Trinajstić information content (AvgIpc) is 3.61. The minimum Gasteiger partial charge on any atom is -0.490 e. The van der Waals surface area contributed by atoms with Gasteiger partial charge in [-0.2, -0.15) is 18.4 Å². The van der Waals surface area contributed by atoms with E-state index in [1.54, 1.807) is 30.3 Å². The van der Waals surface area contributed by atoms with Gasteiger partial charge in [0.1, 0.15) is 11.2 Å². The Bertz CT molecular complexity index is 2500. The lowest BCUT2D eigenvalue weighted by Gasteiger charge is -2.38. The summed E-state index contributed by atoms with van der Waals surface area (Å²) in [7, 11) is 1.29. The number of likely N-dealkylation sites (N-methyl/N-ethyl adjacent to an activating group) is 1. The minimum atomic E-state index is -4.82. The fourth-order valence-corrected chi connectivity index (χ4v) is 7.09. The number of nitrogens with one attached hydrogen (secondary N) is 2. The first-order chi connectivity index (χ1) is 28.0. The van der Waals surface area contributed by atoms with Crippen LogP contribution < -0.4 is 25.2 Å². The van der Waals surface area contributed by atoms with Crippen LogP contribution in [0, 0.1) is 17.1 Å². The van der Waals surface area contributed by atoms with Crippen LogP contribution in [0.1, 0.15) is 60.6 Å². The lowest BCUT2D eigenvalue weighted by atomic mass is 9.93. The fraction of sp³-hybridized carbons (Fsp3) is 0.262. The maximum atomic E-state index is 15.3. The zero-order chi connectivity index (χ0) is 42.6. The van der Waals surface area contributed by atoms with Crippen molar-refractivity contribution in [2.24, 2.45) is 0 Å². The number of carbonyl (C=O) groups is 4. The topological polar surface area (TPSA) is 158 Å². The number of hydrogen-bond acceptors (Lipinski definition) is 9. The number of nitriles is 1. The first-order valence-electron chi connectivity index (χ1n) is 18.2. The molecule has 0 saturated carbocycles. The molecule has 0 radical (unpaired) electrons. The normalized spacial score (nSPS) is 14.3. The molecule has 17 heteroatoms. The third-order valence-corrected chi connectivity index (χ3v) is 10.1. The number of anilines is 3. The number of rotatable bonds is 13. The standard InChI is InChI=1S/C42H36F4N6O6S/c1-41(2,40(56)51(3)28-10-8-26(22-47)32(20-28)42(44,45)46)52(23-59)29-11-14-35(33(43)21-29)57-17-16-24-4-6-25(7-5-24)18-37(54)48-27-9-13-34-31(19-27)38(50-58-34)30-12-15-36(53)49-39(30)55/h4-11,13-14,19-21,23,30H,12,15-18H2,1-3H3,(H,48,54)(H,49,53,55). The monoisotopic (exact) mass is 828 g/mol. The van der Waals surface area contributed by atoms with Crippen molar-refractivity contribution in [1.29, 1.82) is 5.26 Å². The smallest absolute Gasteiger partial charge is 0.417 e. The van der Waals surface area contributed by atoms with Crippen LogP contribution >= 0.6 is 12.2 Å².